The molecule has 0 spiro atoms. The zero-order chi connectivity index (χ0) is 27.3. The first-order chi connectivity index (χ1) is 17.5. The van der Waals surface area contributed by atoms with Gasteiger partial charge in [-0.25, -0.2) is 8.37 Å². The van der Waals surface area contributed by atoms with Gasteiger partial charge in [0.05, 0.1) is 19.8 Å². The maximum absolute atomic E-state index is 12.7. The minimum atomic E-state index is -5.17. The third kappa shape index (κ3) is 8.35. The number of carbonyl (C=O) groups is 1. The maximum atomic E-state index is 12.7. The average Bonchev–Trinajstić information content (AvgIpc) is 2.86. The summed E-state index contributed by atoms with van der Waals surface area (Å²) < 4.78 is 51.5. The van der Waals surface area contributed by atoms with Crippen molar-refractivity contribution in [3.05, 3.63) is 35.9 Å². The van der Waals surface area contributed by atoms with E-state index in [1.807, 2.05) is 0 Å². The van der Waals surface area contributed by atoms with E-state index in [1.54, 1.807) is 30.3 Å². The number of nitrogens with one attached hydrogen (secondary N) is 1. The second-order valence-electron chi connectivity index (χ2n) is 8.50. The Labute approximate surface area is 240 Å². The molecular formula is C21H32NNaO14S. The molecule has 2 fully saturated rings. The number of aliphatic hydroxyl groups is 6. The van der Waals surface area contributed by atoms with Gasteiger partial charge in [-0.1, -0.05) is 30.3 Å². The topological polar surface area (TPSA) is 231 Å². The molecule has 3 rings (SSSR count). The SMILES string of the molecule is CC(=O)N[C@@H]1[C@@H](OCc2ccccc2)O[C@H](CO)[C@@H](O)[C@H]1OS(=O)(=O)O[C@@H]1O[C@H](CO)[C@H](O)[C@H](O)[C@H]1O.[NaH]. The molecule has 0 radical (unpaired) electrons. The van der Waals surface area contributed by atoms with E-state index < -0.39 is 90.9 Å². The number of benzene rings is 1. The van der Waals surface area contributed by atoms with E-state index in [0.29, 0.717) is 5.56 Å². The van der Waals surface area contributed by atoms with Crippen molar-refractivity contribution in [2.24, 2.45) is 0 Å². The fraction of sp³-hybridized carbons (Fsp3) is 0.667. The summed E-state index contributed by atoms with van der Waals surface area (Å²) in [6.07, 6.45) is -15.7. The molecule has 1 aromatic carbocycles. The Bertz CT molecular complexity index is 985. The van der Waals surface area contributed by atoms with Crippen LogP contribution in [0, 0.1) is 0 Å². The van der Waals surface area contributed by atoms with Gasteiger partial charge in [0.1, 0.15) is 48.8 Å². The van der Waals surface area contributed by atoms with Crippen LogP contribution < -0.4 is 5.32 Å². The van der Waals surface area contributed by atoms with Gasteiger partial charge in [0.2, 0.25) is 12.2 Å². The molecule has 0 aromatic heterocycles. The van der Waals surface area contributed by atoms with Crippen LogP contribution in [0.2, 0.25) is 0 Å². The van der Waals surface area contributed by atoms with Crippen LogP contribution in [0.1, 0.15) is 12.5 Å². The van der Waals surface area contributed by atoms with Gasteiger partial charge in [0, 0.05) is 6.92 Å². The number of hydrogen-bond donors (Lipinski definition) is 7. The first-order valence-electron chi connectivity index (χ1n) is 11.3. The van der Waals surface area contributed by atoms with Gasteiger partial charge in [0.25, 0.3) is 0 Å². The Morgan fingerprint density at radius 2 is 1.47 bits per heavy atom. The number of carbonyl (C=O) groups excluding carboxylic acids is 1. The molecule has 212 valence electrons. The molecule has 0 aliphatic carbocycles. The molecule has 1 aromatic rings. The molecular weight excluding hydrogens is 545 g/mol. The molecule has 2 aliphatic rings. The molecule has 17 heteroatoms. The Morgan fingerprint density at radius 3 is 2.05 bits per heavy atom. The second kappa shape index (κ2) is 14.7. The minimum absolute atomic E-state index is 0. The van der Waals surface area contributed by atoms with Gasteiger partial charge in [0.15, 0.2) is 6.29 Å². The molecule has 2 saturated heterocycles. The Balaban J connectivity index is 0.00000507. The van der Waals surface area contributed by atoms with Gasteiger partial charge in [-0.05, 0) is 5.56 Å². The molecule has 15 nitrogen and oxygen atoms in total. The van der Waals surface area contributed by atoms with Crippen LogP contribution in [0.15, 0.2) is 30.3 Å². The van der Waals surface area contributed by atoms with Crippen molar-refractivity contribution in [3.63, 3.8) is 0 Å². The van der Waals surface area contributed by atoms with Crippen molar-refractivity contribution >= 4 is 45.9 Å². The monoisotopic (exact) mass is 577 g/mol. The molecule has 0 bridgehead atoms. The summed E-state index contributed by atoms with van der Waals surface area (Å²) in [7, 11) is -5.17. The van der Waals surface area contributed by atoms with Gasteiger partial charge in [-0.2, -0.15) is 8.42 Å². The van der Waals surface area contributed by atoms with E-state index in [2.05, 4.69) is 5.32 Å². The van der Waals surface area contributed by atoms with Crippen molar-refractivity contribution in [3.8, 4) is 0 Å². The number of hydrogen-bond acceptors (Lipinski definition) is 14. The van der Waals surface area contributed by atoms with Crippen LogP contribution in [0.4, 0.5) is 0 Å². The first kappa shape index (κ1) is 33.4. The number of aliphatic hydroxyl groups excluding tert-OH is 6. The standard InChI is InChI=1S/C21H31NO14S.Na.H/c1-10(25)22-14-19(16(27)13(8-24)33-20(14)32-9-11-5-3-2-4-6-11)35-37(30,31)36-21-18(29)17(28)15(26)12(7-23)34-21;;/h2-6,12-21,23-24,26-29H,7-9H2,1H3,(H,22,25);;/t12-,13-,14+,15+,16-,17+,18-,19+,20+,21+;;/m1../s1. The van der Waals surface area contributed by atoms with E-state index in [1.165, 1.54) is 0 Å². The summed E-state index contributed by atoms with van der Waals surface area (Å²) in [5.74, 6) is -0.655. The Hall–Kier alpha value is -0.800. The molecule has 0 unspecified atom stereocenters. The number of ether oxygens (including phenoxy) is 3. The summed E-state index contributed by atoms with van der Waals surface area (Å²) in [5.41, 5.74) is 0.704. The van der Waals surface area contributed by atoms with E-state index in [-0.39, 0.29) is 36.2 Å². The Kier molecular flexibility index (Phi) is 12.9. The van der Waals surface area contributed by atoms with E-state index in [4.69, 9.17) is 22.6 Å². The van der Waals surface area contributed by atoms with Crippen molar-refractivity contribution in [2.45, 2.75) is 74.9 Å². The van der Waals surface area contributed by atoms with Crippen LogP contribution >= 0.6 is 0 Å². The zero-order valence-corrected chi connectivity index (χ0v) is 20.5. The first-order valence-corrected chi connectivity index (χ1v) is 12.6. The zero-order valence-electron chi connectivity index (χ0n) is 19.6. The van der Waals surface area contributed by atoms with Crippen LogP contribution in [0.3, 0.4) is 0 Å². The molecule has 2 heterocycles. The summed E-state index contributed by atoms with van der Waals surface area (Å²) in [6.45, 7) is -0.536. The molecule has 38 heavy (non-hydrogen) atoms. The van der Waals surface area contributed by atoms with E-state index >= 15 is 0 Å². The number of amides is 1. The van der Waals surface area contributed by atoms with Crippen LogP contribution in [-0.4, -0.2) is 149 Å². The molecule has 1 amide bonds. The fourth-order valence-electron chi connectivity index (χ4n) is 3.89. The van der Waals surface area contributed by atoms with Crippen molar-refractivity contribution in [1.29, 1.82) is 0 Å². The van der Waals surface area contributed by atoms with Crippen molar-refractivity contribution < 1.29 is 66.4 Å². The van der Waals surface area contributed by atoms with Gasteiger partial charge in [-0.3, -0.25) is 4.79 Å². The Morgan fingerprint density at radius 1 is 0.895 bits per heavy atom. The van der Waals surface area contributed by atoms with Gasteiger partial charge in [-0.15, -0.1) is 0 Å². The fourth-order valence-corrected chi connectivity index (χ4v) is 4.83. The van der Waals surface area contributed by atoms with Gasteiger partial charge >= 0.3 is 40.0 Å². The predicted molar refractivity (Wildman–Crippen MR) is 126 cm³/mol. The molecule has 10 atom stereocenters. The van der Waals surface area contributed by atoms with Crippen molar-refractivity contribution in [2.75, 3.05) is 13.2 Å². The second-order valence-corrected chi connectivity index (χ2v) is 9.70. The third-order valence-corrected chi connectivity index (χ3v) is 6.65. The van der Waals surface area contributed by atoms with Gasteiger partial charge < -0.3 is 50.2 Å². The van der Waals surface area contributed by atoms with Crippen LogP contribution in [0.5, 0.6) is 0 Å². The molecule has 2 aliphatic heterocycles. The van der Waals surface area contributed by atoms with E-state index in [9.17, 15) is 43.9 Å². The molecule has 7 N–H and O–H groups in total. The average molecular weight is 578 g/mol. The summed E-state index contributed by atoms with van der Waals surface area (Å²) >= 11 is 0. The quantitative estimate of drug-likeness (QED) is 0.130. The van der Waals surface area contributed by atoms with Crippen molar-refractivity contribution in [1.82, 2.24) is 5.32 Å². The number of rotatable bonds is 10. The van der Waals surface area contributed by atoms with E-state index in [0.717, 1.165) is 6.92 Å². The summed E-state index contributed by atoms with van der Waals surface area (Å²) in [6, 6.07) is 7.33. The van der Waals surface area contributed by atoms with Crippen LogP contribution in [-0.2, 0) is 44.4 Å². The third-order valence-electron chi connectivity index (χ3n) is 5.77. The molecule has 0 saturated carbocycles. The summed E-state index contributed by atoms with van der Waals surface area (Å²) in [4.78, 5) is 11.9. The summed E-state index contributed by atoms with van der Waals surface area (Å²) in [5, 5.41) is 61.8. The van der Waals surface area contributed by atoms with Crippen LogP contribution in [0.25, 0.3) is 0 Å². The normalized spacial score (nSPS) is 35.8. The predicted octanol–water partition coefficient (Wildman–Crippen LogP) is -4.42.